The molecule has 6 nitrogen and oxygen atoms in total. The van der Waals surface area contributed by atoms with E-state index in [0.29, 0.717) is 0 Å². The van der Waals surface area contributed by atoms with Gasteiger partial charge in [-0.3, -0.25) is 0 Å². The molecular weight excluding hydrogens is 202 g/mol. The third-order valence-corrected chi connectivity index (χ3v) is 0. The van der Waals surface area contributed by atoms with Crippen molar-refractivity contribution in [3.05, 3.63) is 0 Å². The van der Waals surface area contributed by atoms with E-state index in [9.17, 15) is 0 Å². The molecule has 0 aliphatic rings. The van der Waals surface area contributed by atoms with Crippen molar-refractivity contribution in [2.24, 2.45) is 0 Å². The molecule has 8 heteroatoms. The van der Waals surface area contributed by atoms with Gasteiger partial charge in [-0.1, -0.05) is 0 Å². The quantitative estimate of drug-likeness (QED) is 0.188. The van der Waals surface area contributed by atoms with Gasteiger partial charge in [0.25, 0.3) is 0 Å². The Balaban J connectivity index is 0. The van der Waals surface area contributed by atoms with Gasteiger partial charge < -0.3 is 14.7 Å². The minimum absolute atomic E-state index is 2.62. The first kappa shape index (κ1) is 11.5. The van der Waals surface area contributed by atoms with Crippen molar-refractivity contribution in [3.8, 4) is 0 Å². The third-order valence-electron chi connectivity index (χ3n) is 0. The standard InChI is InChI=1S/AsH3O3.H3O3P/c2-1(3)4;1-4(2)3/h2-4H;1-3H. The first-order chi connectivity index (χ1) is 3.46. The molecule has 0 aromatic heterocycles. The van der Waals surface area contributed by atoms with E-state index in [2.05, 4.69) is 0 Å². The van der Waals surface area contributed by atoms with Gasteiger partial charge in [-0.15, -0.1) is 0 Å². The van der Waals surface area contributed by atoms with Crippen LogP contribution in [0.25, 0.3) is 0 Å². The molecule has 0 amide bonds. The van der Waals surface area contributed by atoms with Crippen LogP contribution in [0.2, 0.25) is 0 Å². The van der Waals surface area contributed by atoms with Crippen LogP contribution in [-0.4, -0.2) is 42.6 Å². The fourth-order valence-corrected chi connectivity index (χ4v) is 0. The van der Waals surface area contributed by atoms with Gasteiger partial charge in [-0.05, 0) is 0 Å². The predicted molar refractivity (Wildman–Crippen MR) is 26.0 cm³/mol. The molecule has 0 fully saturated rings. The Morgan fingerprint density at radius 3 is 0.875 bits per heavy atom. The minimum atomic E-state index is -3.19. The van der Waals surface area contributed by atoms with Gasteiger partial charge in [0, 0.05) is 0 Å². The summed E-state index contributed by atoms with van der Waals surface area (Å²) in [5, 5.41) is 0. The van der Waals surface area contributed by atoms with E-state index in [0.717, 1.165) is 0 Å². The zero-order valence-electron chi connectivity index (χ0n) is 3.58. The number of rotatable bonds is 0. The van der Waals surface area contributed by atoms with Crippen molar-refractivity contribution in [3.63, 3.8) is 0 Å². The molecule has 0 aromatic carbocycles. The first-order valence-electron chi connectivity index (χ1n) is 1.20. The van der Waals surface area contributed by atoms with Crippen LogP contribution in [0.4, 0.5) is 0 Å². The molecule has 0 aliphatic heterocycles. The van der Waals surface area contributed by atoms with Crippen LogP contribution in [-0.2, 0) is 0 Å². The molecule has 0 radical (unpaired) electrons. The molecule has 0 saturated carbocycles. The summed E-state index contributed by atoms with van der Waals surface area (Å²) in [6.45, 7) is 0. The van der Waals surface area contributed by atoms with Crippen LogP contribution < -0.4 is 0 Å². The Labute approximate surface area is 52.0 Å². The molecule has 0 heterocycles. The Hall–Kier alpha value is 0.748. The van der Waals surface area contributed by atoms with Gasteiger partial charge >= 0.3 is 36.6 Å². The van der Waals surface area contributed by atoms with E-state index < -0.39 is 24.3 Å². The Morgan fingerprint density at radius 2 is 0.875 bits per heavy atom. The molecule has 0 bridgehead atoms. The summed E-state index contributed by atoms with van der Waals surface area (Å²) in [6, 6.07) is 0. The van der Waals surface area contributed by atoms with Crippen LogP contribution in [0.15, 0.2) is 0 Å². The van der Waals surface area contributed by atoms with E-state index in [-0.39, 0.29) is 0 Å². The van der Waals surface area contributed by atoms with E-state index in [1.54, 1.807) is 0 Å². The molecule has 0 aromatic rings. The molecule has 0 saturated heterocycles. The molecule has 0 unspecified atom stereocenters. The topological polar surface area (TPSA) is 121 Å². The zero-order chi connectivity index (χ0) is 7.15. The molecule has 6 N–H and O–H groups in total. The van der Waals surface area contributed by atoms with Gasteiger partial charge in [-0.25, -0.2) is 0 Å². The Bertz CT molecular complexity index is 24.0. The van der Waals surface area contributed by atoms with Crippen LogP contribution in [0.3, 0.4) is 0 Å². The Morgan fingerprint density at radius 1 is 0.875 bits per heavy atom. The van der Waals surface area contributed by atoms with E-state index in [1.807, 2.05) is 0 Å². The zero-order valence-corrected chi connectivity index (χ0v) is 6.35. The van der Waals surface area contributed by atoms with Gasteiger partial charge in [0.1, 0.15) is 0 Å². The van der Waals surface area contributed by atoms with Gasteiger partial charge in [0.2, 0.25) is 0 Å². The molecule has 0 atom stereocenters. The third kappa shape index (κ3) is 398. The summed E-state index contributed by atoms with van der Waals surface area (Å²) < 4.78 is 21.9. The average molecular weight is 208 g/mol. The van der Waals surface area contributed by atoms with Gasteiger partial charge in [0.05, 0.1) is 0 Å². The normalized spacial score (nSPS) is 9.00. The fraction of sp³-hybridized carbons (Fsp3) is 0. The second-order valence-corrected chi connectivity index (χ2v) is 2.20. The van der Waals surface area contributed by atoms with Crippen molar-refractivity contribution in [2.75, 3.05) is 0 Å². The summed E-state index contributed by atoms with van der Waals surface area (Å²) in [6.07, 6.45) is 0. The summed E-state index contributed by atoms with van der Waals surface area (Å²) in [7, 11) is -2.62. The van der Waals surface area contributed by atoms with Crippen LogP contribution in [0, 0.1) is 0 Å². The maximum atomic E-state index is 7.31. The second-order valence-electron chi connectivity index (χ2n) is 0.537. The maximum absolute atomic E-state index is 7.31. The van der Waals surface area contributed by atoms with E-state index >= 15 is 0 Å². The first-order valence-corrected chi connectivity index (χ1v) is 4.92. The summed E-state index contributed by atoms with van der Waals surface area (Å²) in [5.41, 5.74) is 0. The molecule has 52 valence electrons. The monoisotopic (exact) mass is 208 g/mol. The van der Waals surface area contributed by atoms with Crippen LogP contribution in [0.1, 0.15) is 0 Å². The molecule has 0 rings (SSSR count). The fourth-order valence-electron chi connectivity index (χ4n) is 0. The summed E-state index contributed by atoms with van der Waals surface area (Å²) in [4.78, 5) is 21.7. The second kappa shape index (κ2) is 7.75. The average Bonchev–Trinajstić information content (AvgIpc) is 1.25. The number of hydrogen-bond acceptors (Lipinski definition) is 6. The van der Waals surface area contributed by atoms with Crippen LogP contribution in [0.5, 0.6) is 0 Å². The van der Waals surface area contributed by atoms with Crippen molar-refractivity contribution in [1.82, 2.24) is 0 Å². The van der Waals surface area contributed by atoms with Gasteiger partial charge in [-0.2, -0.15) is 0 Å². The van der Waals surface area contributed by atoms with Crippen molar-refractivity contribution < 1.29 is 27.0 Å². The van der Waals surface area contributed by atoms with Crippen molar-refractivity contribution >= 4 is 24.3 Å². The summed E-state index contributed by atoms with van der Waals surface area (Å²) in [5.74, 6) is 0. The van der Waals surface area contributed by atoms with Gasteiger partial charge in [0.15, 0.2) is 0 Å². The summed E-state index contributed by atoms with van der Waals surface area (Å²) >= 11 is -3.19. The van der Waals surface area contributed by atoms with Crippen LogP contribution >= 0.6 is 8.60 Å². The molecular formula is H6AsO6P. The Kier molecular flexibility index (Phi) is 11.2. The van der Waals surface area contributed by atoms with E-state index in [1.165, 1.54) is 0 Å². The van der Waals surface area contributed by atoms with Crippen molar-refractivity contribution in [1.29, 1.82) is 0 Å². The predicted octanol–water partition coefficient (Wildman–Crippen LogP) is -2.86. The molecule has 8 heavy (non-hydrogen) atoms. The number of hydrogen-bond donors (Lipinski definition) is 6. The molecule has 0 spiro atoms. The van der Waals surface area contributed by atoms with Crippen molar-refractivity contribution in [2.45, 2.75) is 0 Å². The van der Waals surface area contributed by atoms with E-state index in [4.69, 9.17) is 27.0 Å². The molecule has 0 aliphatic carbocycles. The SMILES string of the molecule is OP(O)O.O[As](O)O.